The highest BCUT2D eigenvalue weighted by Gasteiger charge is 2.27. The van der Waals surface area contributed by atoms with E-state index in [1.807, 2.05) is 12.1 Å². The zero-order valence-corrected chi connectivity index (χ0v) is 33.3. The Hall–Kier alpha value is -0.910. The van der Waals surface area contributed by atoms with Gasteiger partial charge in [0.15, 0.2) is 0 Å². The summed E-state index contributed by atoms with van der Waals surface area (Å²) < 4.78 is 34.1. The Labute approximate surface area is 301 Å². The van der Waals surface area contributed by atoms with Gasteiger partial charge in [0.25, 0.3) is 10.1 Å². The lowest BCUT2D eigenvalue weighted by Gasteiger charge is -2.39. The molecule has 0 aliphatic carbocycles. The molecule has 48 heavy (non-hydrogen) atoms. The van der Waals surface area contributed by atoms with Crippen LogP contribution >= 0.6 is 0 Å². The Kier molecular flexibility index (Phi) is 29.0. The Morgan fingerprint density at radius 3 is 0.917 bits per heavy atom. The van der Waals surface area contributed by atoms with Gasteiger partial charge in [0.05, 0.1) is 24.5 Å². The molecule has 0 amide bonds. The first-order valence-corrected chi connectivity index (χ1v) is 22.7. The van der Waals surface area contributed by atoms with Crippen molar-refractivity contribution in [3.63, 3.8) is 0 Å². The maximum absolute atomic E-state index is 11.7. The zero-order chi connectivity index (χ0) is 35.0. The van der Waals surface area contributed by atoms with Crippen LogP contribution in [0.4, 0.5) is 0 Å². The van der Waals surface area contributed by atoms with E-state index < -0.39 is 10.1 Å². The van der Waals surface area contributed by atoms with E-state index in [9.17, 15) is 13.0 Å². The third-order valence-corrected chi connectivity index (χ3v) is 11.6. The monoisotopic (exact) mass is 693 g/mol. The average molecular weight is 693 g/mol. The lowest BCUT2D eigenvalue weighted by molar-refractivity contribution is -0.941. The summed E-state index contributed by atoms with van der Waals surface area (Å²) in [5.41, 5.74) is 1.20. The number of hydrogen-bond donors (Lipinski definition) is 1. The average Bonchev–Trinajstić information content (AvgIpc) is 3.07. The van der Waals surface area contributed by atoms with Crippen molar-refractivity contribution in [2.75, 3.05) is 19.6 Å². The molecule has 5 heteroatoms. The van der Waals surface area contributed by atoms with Gasteiger partial charge in [-0.15, -0.1) is 0 Å². The second kappa shape index (κ2) is 30.9. The summed E-state index contributed by atoms with van der Waals surface area (Å²) in [6, 6.07) is 7.10. The largest absolute Gasteiger partial charge is 0.320 e. The smallest absolute Gasteiger partial charge is 0.294 e. The molecule has 1 aromatic carbocycles. The Morgan fingerprint density at radius 2 is 0.667 bits per heavy atom. The molecule has 1 N–H and O–H groups in total. The molecule has 0 fully saturated rings. The molecule has 0 unspecified atom stereocenters. The molecule has 0 atom stereocenters. The molecular weight excluding hydrogens is 611 g/mol. The zero-order valence-electron chi connectivity index (χ0n) is 32.5. The number of quaternary nitrogens is 1. The van der Waals surface area contributed by atoms with Crippen LogP contribution in [0.25, 0.3) is 0 Å². The Balaban J connectivity index is 2.79. The van der Waals surface area contributed by atoms with E-state index in [-0.39, 0.29) is 4.90 Å². The topological polar surface area (TPSA) is 54.4 Å². The van der Waals surface area contributed by atoms with E-state index in [4.69, 9.17) is 0 Å². The van der Waals surface area contributed by atoms with Crippen LogP contribution < -0.4 is 0 Å². The molecule has 0 heterocycles. The number of rotatable bonds is 36. The minimum absolute atomic E-state index is 0.00318. The summed E-state index contributed by atoms with van der Waals surface area (Å²) in [4.78, 5) is 0.00318. The maximum atomic E-state index is 11.7. The molecule has 0 spiro atoms. The molecule has 0 saturated carbocycles. The van der Waals surface area contributed by atoms with E-state index in [1.165, 1.54) is 218 Å². The van der Waals surface area contributed by atoms with Gasteiger partial charge in [0, 0.05) is 5.56 Å². The molecule has 0 saturated heterocycles. The fraction of sp³-hybridized carbons (Fsp3) is 0.860. The van der Waals surface area contributed by atoms with Gasteiger partial charge in [-0.3, -0.25) is 4.55 Å². The van der Waals surface area contributed by atoms with Crippen molar-refractivity contribution in [3.05, 3.63) is 29.8 Å². The van der Waals surface area contributed by atoms with Crippen LogP contribution in [0, 0.1) is 0 Å². The normalized spacial score (nSPS) is 12.2. The van der Waals surface area contributed by atoms with Gasteiger partial charge < -0.3 is 4.48 Å². The van der Waals surface area contributed by atoms with Gasteiger partial charge in [-0.25, -0.2) is 0 Å². The Bertz CT molecular complexity index is 870. The molecule has 0 aliphatic heterocycles. The standard InChI is InChI=1S/C43H81NO3S/c1-4-7-10-13-16-19-22-25-28-31-38-44(39-32-29-26-23-20-17-14-11-8-5-2,40-33-30-27-24-21-18-15-12-9-6-3)41-42-34-36-43(37-35-42)48(45,46)47/h34-37H,4-33,38-41H2,1-3H3/p+1. The van der Waals surface area contributed by atoms with Crippen molar-refractivity contribution in [2.45, 2.75) is 225 Å². The SMILES string of the molecule is CCCCCCCCCCCC[N+](CCCCCCCCCCCC)(CCCCCCCCCCCC)Cc1ccc(S(=O)(=O)O)cc1. The number of nitrogens with zero attached hydrogens (tertiary/aromatic N) is 1. The Morgan fingerprint density at radius 1 is 0.417 bits per heavy atom. The molecule has 0 radical (unpaired) electrons. The molecule has 4 nitrogen and oxygen atoms in total. The van der Waals surface area contributed by atoms with Crippen molar-refractivity contribution >= 4 is 10.1 Å². The lowest BCUT2D eigenvalue weighted by Crippen LogP contribution is -2.49. The third kappa shape index (κ3) is 25.1. The number of hydrogen-bond acceptors (Lipinski definition) is 2. The fourth-order valence-corrected chi connectivity index (χ4v) is 8.01. The molecule has 1 rings (SSSR count). The van der Waals surface area contributed by atoms with Gasteiger partial charge in [-0.2, -0.15) is 8.42 Å². The maximum Gasteiger partial charge on any atom is 0.294 e. The highest BCUT2D eigenvalue weighted by molar-refractivity contribution is 7.85. The highest BCUT2D eigenvalue weighted by atomic mass is 32.2. The van der Waals surface area contributed by atoms with Gasteiger partial charge in [0.2, 0.25) is 0 Å². The van der Waals surface area contributed by atoms with Crippen molar-refractivity contribution in [3.8, 4) is 0 Å². The highest BCUT2D eigenvalue weighted by Crippen LogP contribution is 2.24. The first-order chi connectivity index (χ1) is 23.4. The van der Waals surface area contributed by atoms with Crippen LogP contribution in [-0.4, -0.2) is 37.1 Å². The van der Waals surface area contributed by atoms with E-state index in [2.05, 4.69) is 20.8 Å². The summed E-state index contributed by atoms with van der Waals surface area (Å²) >= 11 is 0. The summed E-state index contributed by atoms with van der Waals surface area (Å²) in [7, 11) is -4.17. The van der Waals surface area contributed by atoms with Gasteiger partial charge >= 0.3 is 0 Å². The van der Waals surface area contributed by atoms with E-state index >= 15 is 0 Å². The number of benzene rings is 1. The first kappa shape index (κ1) is 45.1. The van der Waals surface area contributed by atoms with Crippen LogP contribution in [0.5, 0.6) is 0 Å². The van der Waals surface area contributed by atoms with Crippen molar-refractivity contribution in [2.24, 2.45) is 0 Å². The van der Waals surface area contributed by atoms with Gasteiger partial charge in [-0.1, -0.05) is 187 Å². The molecule has 0 bridgehead atoms. The van der Waals surface area contributed by atoms with Gasteiger partial charge in [0.1, 0.15) is 6.54 Å². The molecule has 0 aliphatic rings. The van der Waals surface area contributed by atoms with E-state index in [1.54, 1.807) is 12.1 Å². The van der Waals surface area contributed by atoms with Gasteiger partial charge in [-0.05, 0) is 50.7 Å². The van der Waals surface area contributed by atoms with Crippen molar-refractivity contribution < 1.29 is 17.5 Å². The van der Waals surface area contributed by atoms with E-state index in [0.29, 0.717) is 0 Å². The summed E-state index contributed by atoms with van der Waals surface area (Å²) in [6.07, 6.45) is 40.9. The predicted molar refractivity (Wildman–Crippen MR) is 210 cm³/mol. The number of unbranched alkanes of at least 4 members (excludes halogenated alkanes) is 27. The van der Waals surface area contributed by atoms with E-state index in [0.717, 1.165) is 11.0 Å². The molecular formula is C43H82NO3S+. The lowest BCUT2D eigenvalue weighted by atomic mass is 10.0. The van der Waals surface area contributed by atoms with Crippen LogP contribution in [-0.2, 0) is 16.7 Å². The van der Waals surface area contributed by atoms with Crippen LogP contribution in [0.15, 0.2) is 29.2 Å². The molecule has 282 valence electrons. The third-order valence-electron chi connectivity index (χ3n) is 10.7. The summed E-state index contributed by atoms with van der Waals surface area (Å²) in [6.45, 7) is 11.5. The van der Waals surface area contributed by atoms with Crippen molar-refractivity contribution in [1.82, 2.24) is 0 Å². The predicted octanol–water partition coefficient (Wildman–Crippen LogP) is 14.0. The second-order valence-electron chi connectivity index (χ2n) is 15.3. The fourth-order valence-electron chi connectivity index (χ4n) is 7.53. The second-order valence-corrected chi connectivity index (χ2v) is 16.8. The molecule has 0 aromatic heterocycles. The summed E-state index contributed by atoms with van der Waals surface area (Å²) in [5.74, 6) is 0. The van der Waals surface area contributed by atoms with Crippen LogP contribution in [0.2, 0.25) is 0 Å². The van der Waals surface area contributed by atoms with Crippen LogP contribution in [0.3, 0.4) is 0 Å². The first-order valence-electron chi connectivity index (χ1n) is 21.3. The summed E-state index contributed by atoms with van der Waals surface area (Å²) in [5, 5.41) is 0. The quantitative estimate of drug-likeness (QED) is 0.0433. The molecule has 1 aromatic rings. The minimum atomic E-state index is -4.17. The van der Waals surface area contributed by atoms with Crippen molar-refractivity contribution in [1.29, 1.82) is 0 Å². The minimum Gasteiger partial charge on any atom is -0.320 e. The van der Waals surface area contributed by atoms with Crippen LogP contribution in [0.1, 0.15) is 219 Å².